The van der Waals surface area contributed by atoms with Gasteiger partial charge >= 0.3 is 5.97 Å². The Morgan fingerprint density at radius 2 is 1.55 bits per heavy atom. The molecule has 1 unspecified atom stereocenters. The van der Waals surface area contributed by atoms with Crippen molar-refractivity contribution in [2.24, 2.45) is 0 Å². The molecule has 200 valence electrons. The molecule has 0 aromatic heterocycles. The minimum absolute atomic E-state index is 0.00209. The van der Waals surface area contributed by atoms with Crippen molar-refractivity contribution >= 4 is 18.3 Å². The lowest BCUT2D eigenvalue weighted by Gasteiger charge is -2.11. The summed E-state index contributed by atoms with van der Waals surface area (Å²) in [7, 11) is 1.64. The highest BCUT2D eigenvalue weighted by molar-refractivity contribution is 5.79. The number of hydrogen-bond acceptors (Lipinski definition) is 5. The van der Waals surface area contributed by atoms with Crippen molar-refractivity contribution in [2.75, 3.05) is 20.2 Å². The summed E-state index contributed by atoms with van der Waals surface area (Å²) in [5.74, 6) is -0.657. The molecule has 0 saturated heterocycles. The number of nitrogens with one attached hydrogen (secondary N) is 2. The van der Waals surface area contributed by atoms with Crippen LogP contribution in [0.3, 0.4) is 0 Å². The van der Waals surface area contributed by atoms with Crippen molar-refractivity contribution in [3.8, 4) is 11.1 Å². The van der Waals surface area contributed by atoms with Crippen molar-refractivity contribution in [3.63, 3.8) is 0 Å². The number of rotatable bonds is 12. The molecule has 3 aromatic carbocycles. The number of carbonyl (C=O) groups excluding carboxylic acids is 2. The molecule has 1 aliphatic carbocycles. The fourth-order valence-electron chi connectivity index (χ4n) is 4.62. The predicted molar refractivity (Wildman–Crippen MR) is 148 cm³/mol. The van der Waals surface area contributed by atoms with Crippen LogP contribution in [0.4, 0.5) is 0 Å². The maximum Gasteiger partial charge on any atom is 0.320 e. The highest BCUT2D eigenvalue weighted by Gasteiger charge is 2.28. The fourth-order valence-corrected chi connectivity index (χ4v) is 4.62. The minimum atomic E-state index is -0.832. The number of carbonyl (C=O) groups is 3. The van der Waals surface area contributed by atoms with Crippen molar-refractivity contribution in [1.82, 2.24) is 10.6 Å². The molecule has 1 amide bonds. The Morgan fingerprint density at radius 1 is 0.947 bits per heavy atom. The van der Waals surface area contributed by atoms with Crippen molar-refractivity contribution in [3.05, 3.63) is 95.1 Å². The van der Waals surface area contributed by atoms with E-state index in [0.29, 0.717) is 32.5 Å². The number of aliphatic carboxylic acids is 1. The maximum absolute atomic E-state index is 11.7. The van der Waals surface area contributed by atoms with E-state index in [9.17, 15) is 14.4 Å². The molecular formula is C31H36N2O5. The molecule has 3 aromatic rings. The molecule has 0 fully saturated rings. The van der Waals surface area contributed by atoms with E-state index in [-0.39, 0.29) is 11.8 Å². The zero-order valence-corrected chi connectivity index (χ0v) is 22.0. The van der Waals surface area contributed by atoms with Crippen LogP contribution in [0.1, 0.15) is 47.4 Å². The summed E-state index contributed by atoms with van der Waals surface area (Å²) in [4.78, 5) is 32.9. The largest absolute Gasteiger partial charge is 0.480 e. The van der Waals surface area contributed by atoms with E-state index in [1.54, 1.807) is 7.05 Å². The average Bonchev–Trinajstić information content (AvgIpc) is 3.24. The van der Waals surface area contributed by atoms with Gasteiger partial charge in [0.1, 0.15) is 12.6 Å². The molecule has 0 spiro atoms. The van der Waals surface area contributed by atoms with Gasteiger partial charge in [0, 0.05) is 12.5 Å². The number of amides is 1. The first-order valence-corrected chi connectivity index (χ1v) is 12.9. The highest BCUT2D eigenvalue weighted by Crippen LogP contribution is 2.44. The zero-order valence-electron chi connectivity index (χ0n) is 22.0. The molecule has 0 saturated carbocycles. The Bertz CT molecular complexity index is 1160. The molecular weight excluding hydrogens is 480 g/mol. The number of aryl methyl sites for hydroxylation is 1. The molecule has 0 aliphatic heterocycles. The van der Waals surface area contributed by atoms with Crippen LogP contribution < -0.4 is 10.6 Å². The van der Waals surface area contributed by atoms with E-state index in [2.05, 4.69) is 34.9 Å². The molecule has 4 rings (SSSR count). The zero-order chi connectivity index (χ0) is 27.3. The number of hydrogen-bond donors (Lipinski definition) is 3. The third-order valence-electron chi connectivity index (χ3n) is 6.67. The van der Waals surface area contributed by atoms with Gasteiger partial charge in [-0.3, -0.25) is 14.4 Å². The molecule has 1 atom stereocenters. The summed E-state index contributed by atoms with van der Waals surface area (Å²) < 4.78 is 4.95. The second kappa shape index (κ2) is 14.7. The number of likely N-dealkylation sites (N-methyl/N-ethyl adjacent to an activating group) is 1. The fraction of sp³-hybridized carbons (Fsp3) is 0.323. The quantitative estimate of drug-likeness (QED) is 0.242. The monoisotopic (exact) mass is 516 g/mol. The smallest absolute Gasteiger partial charge is 0.320 e. The van der Waals surface area contributed by atoms with Gasteiger partial charge in [0.05, 0.1) is 6.42 Å². The lowest BCUT2D eigenvalue weighted by atomic mass is 9.98. The normalized spacial score (nSPS) is 12.4. The third-order valence-corrected chi connectivity index (χ3v) is 6.67. The molecule has 0 bridgehead atoms. The van der Waals surface area contributed by atoms with Gasteiger partial charge in [-0.25, -0.2) is 0 Å². The van der Waals surface area contributed by atoms with Gasteiger partial charge in [-0.1, -0.05) is 78.4 Å². The highest BCUT2D eigenvalue weighted by atomic mass is 16.5. The lowest BCUT2D eigenvalue weighted by molar-refractivity contribution is -0.139. The van der Waals surface area contributed by atoms with Gasteiger partial charge in [0.25, 0.3) is 6.47 Å². The minimum Gasteiger partial charge on any atom is -0.480 e. The van der Waals surface area contributed by atoms with Gasteiger partial charge in [0.2, 0.25) is 5.91 Å². The van der Waals surface area contributed by atoms with E-state index in [1.807, 2.05) is 55.5 Å². The predicted octanol–water partition coefficient (Wildman–Crippen LogP) is 4.47. The summed E-state index contributed by atoms with van der Waals surface area (Å²) in [6, 6.07) is 24.0. The number of unbranched alkanes of at least 4 members (excludes halogenated alkanes) is 1. The van der Waals surface area contributed by atoms with E-state index in [1.165, 1.54) is 27.8 Å². The Morgan fingerprint density at radius 3 is 2.11 bits per heavy atom. The van der Waals surface area contributed by atoms with Gasteiger partial charge in [-0.15, -0.1) is 0 Å². The first-order valence-electron chi connectivity index (χ1n) is 12.9. The Kier molecular flexibility index (Phi) is 11.1. The third kappa shape index (κ3) is 8.02. The molecule has 0 radical (unpaired) electrons. The van der Waals surface area contributed by atoms with Crippen LogP contribution >= 0.6 is 0 Å². The van der Waals surface area contributed by atoms with Crippen LogP contribution in [0.25, 0.3) is 11.1 Å². The Hall–Kier alpha value is -3.97. The van der Waals surface area contributed by atoms with Gasteiger partial charge in [0.15, 0.2) is 0 Å². The van der Waals surface area contributed by atoms with Crippen molar-refractivity contribution < 1.29 is 24.2 Å². The summed E-state index contributed by atoms with van der Waals surface area (Å²) in [5, 5.41) is 14.5. The van der Waals surface area contributed by atoms with E-state index in [4.69, 9.17) is 9.84 Å². The second-order valence-corrected chi connectivity index (χ2v) is 9.34. The molecule has 7 nitrogen and oxygen atoms in total. The van der Waals surface area contributed by atoms with Crippen LogP contribution in [-0.2, 0) is 25.5 Å². The molecule has 38 heavy (non-hydrogen) atoms. The molecule has 1 aliphatic rings. The Balaban J connectivity index is 0.000000214. The number of benzene rings is 3. The topological polar surface area (TPSA) is 105 Å². The van der Waals surface area contributed by atoms with E-state index >= 15 is 0 Å². The number of fused-ring (bicyclic) bond motifs is 3. The second-order valence-electron chi connectivity index (χ2n) is 9.34. The summed E-state index contributed by atoms with van der Waals surface area (Å²) >= 11 is 0. The van der Waals surface area contributed by atoms with Crippen LogP contribution in [0.5, 0.6) is 0 Å². The average molecular weight is 517 g/mol. The van der Waals surface area contributed by atoms with E-state index < -0.39 is 12.0 Å². The number of carboxylic acids is 1. The van der Waals surface area contributed by atoms with Crippen LogP contribution in [0, 0.1) is 6.92 Å². The number of carboxylic acid groups (broad SMARTS) is 1. The summed E-state index contributed by atoms with van der Waals surface area (Å²) in [6.45, 7) is 3.53. The van der Waals surface area contributed by atoms with Crippen LogP contribution in [-0.4, -0.2) is 49.7 Å². The molecule has 3 N–H and O–H groups in total. The SMILES string of the molecule is CNC(CCCCNC(=O)Cc1ccc(C)cc1)C(=O)O.O=COCC1c2ccccc2-c2ccccc21. The first-order chi connectivity index (χ1) is 18.4. The molecule has 0 heterocycles. The summed E-state index contributed by atoms with van der Waals surface area (Å²) in [5.41, 5.74) is 7.17. The van der Waals surface area contributed by atoms with Crippen molar-refractivity contribution in [1.29, 1.82) is 0 Å². The maximum atomic E-state index is 11.7. The van der Waals surface area contributed by atoms with Crippen molar-refractivity contribution in [2.45, 2.75) is 44.6 Å². The van der Waals surface area contributed by atoms with Gasteiger partial charge < -0.3 is 20.5 Å². The Labute approximate surface area is 224 Å². The van der Waals surface area contributed by atoms with Crippen LogP contribution in [0.2, 0.25) is 0 Å². The van der Waals surface area contributed by atoms with Gasteiger partial charge in [-0.05, 0) is 61.1 Å². The van der Waals surface area contributed by atoms with Gasteiger partial charge in [-0.2, -0.15) is 0 Å². The number of ether oxygens (including phenoxy) is 1. The summed E-state index contributed by atoms with van der Waals surface area (Å²) in [6.07, 6.45) is 2.50. The van der Waals surface area contributed by atoms with E-state index in [0.717, 1.165) is 18.4 Å². The lowest BCUT2D eigenvalue weighted by Crippen LogP contribution is -2.34. The first kappa shape index (κ1) is 28.6. The van der Waals surface area contributed by atoms with Crippen LogP contribution in [0.15, 0.2) is 72.8 Å². The standard InChI is InChI=1S/C16H24N2O3.C15H12O2/c1-12-6-8-13(9-7-12)11-15(19)18-10-4-3-5-14(17-2)16(20)21;16-10-17-9-15-13-7-3-1-5-11(13)12-6-2-4-8-14(12)15/h6-9,14,17H,3-5,10-11H2,1-2H3,(H,18,19)(H,20,21);1-8,10,15H,9H2. The molecule has 7 heteroatoms.